The lowest BCUT2D eigenvalue weighted by atomic mass is 10.0. The van der Waals surface area contributed by atoms with Crippen LogP contribution in [-0.4, -0.2) is 30.6 Å². The number of nitrogens with zero attached hydrogens (tertiary/aromatic N) is 1. The van der Waals surface area contributed by atoms with Gasteiger partial charge < -0.3 is 10.0 Å². The Balaban J connectivity index is 2.45. The van der Waals surface area contributed by atoms with Crippen LogP contribution < -0.4 is 0 Å². The highest BCUT2D eigenvalue weighted by Crippen LogP contribution is 2.27. The Morgan fingerprint density at radius 3 is 2.55 bits per heavy atom. The summed E-state index contributed by atoms with van der Waals surface area (Å²) in [4.78, 5) is 2.07. The number of phenolic OH excluding ortho intramolecular Hbond substituents is 1. The van der Waals surface area contributed by atoms with E-state index in [0.717, 1.165) is 23.2 Å². The standard InChI is InChI=1S/C17H18ClNO/c1-19(2)12-14(16-8-3-4-9-17(16)20)10-13-6-5-7-15(18)11-13/h3-11,20H,12H2,1-2H3. The van der Waals surface area contributed by atoms with Gasteiger partial charge in [0, 0.05) is 17.1 Å². The van der Waals surface area contributed by atoms with Crippen LogP contribution in [0, 0.1) is 0 Å². The normalized spacial score (nSPS) is 11.9. The van der Waals surface area contributed by atoms with Gasteiger partial charge in [0.25, 0.3) is 0 Å². The van der Waals surface area contributed by atoms with E-state index in [-0.39, 0.29) is 0 Å². The summed E-state index contributed by atoms with van der Waals surface area (Å²) < 4.78 is 0. The molecule has 0 atom stereocenters. The third-order valence-electron chi connectivity index (χ3n) is 2.93. The molecule has 0 saturated carbocycles. The molecule has 0 radical (unpaired) electrons. The smallest absolute Gasteiger partial charge is 0.123 e. The molecule has 2 rings (SSSR count). The molecule has 104 valence electrons. The molecule has 0 bridgehead atoms. The third kappa shape index (κ3) is 3.86. The molecule has 2 aromatic carbocycles. The highest BCUT2D eigenvalue weighted by molar-refractivity contribution is 6.30. The maximum Gasteiger partial charge on any atom is 0.123 e. The predicted molar refractivity (Wildman–Crippen MR) is 86.0 cm³/mol. The summed E-state index contributed by atoms with van der Waals surface area (Å²) in [6.07, 6.45) is 2.06. The highest BCUT2D eigenvalue weighted by Gasteiger charge is 2.08. The molecule has 0 amide bonds. The van der Waals surface area contributed by atoms with Crippen molar-refractivity contribution >= 4 is 23.3 Å². The molecule has 20 heavy (non-hydrogen) atoms. The molecular weight excluding hydrogens is 270 g/mol. The van der Waals surface area contributed by atoms with Crippen LogP contribution in [0.2, 0.25) is 5.02 Å². The average molecular weight is 288 g/mol. The van der Waals surface area contributed by atoms with Crippen LogP contribution in [0.5, 0.6) is 5.75 Å². The Bertz CT molecular complexity index is 620. The van der Waals surface area contributed by atoms with Crippen molar-refractivity contribution in [2.45, 2.75) is 0 Å². The molecule has 0 saturated heterocycles. The van der Waals surface area contributed by atoms with Gasteiger partial charge >= 0.3 is 0 Å². The zero-order valence-electron chi connectivity index (χ0n) is 11.7. The van der Waals surface area contributed by atoms with Gasteiger partial charge in [0.2, 0.25) is 0 Å². The summed E-state index contributed by atoms with van der Waals surface area (Å²) >= 11 is 6.02. The summed E-state index contributed by atoms with van der Waals surface area (Å²) in [5, 5.41) is 10.7. The van der Waals surface area contributed by atoms with Gasteiger partial charge in [-0.3, -0.25) is 0 Å². The number of aromatic hydroxyl groups is 1. The fraction of sp³-hybridized carbons (Fsp3) is 0.176. The van der Waals surface area contributed by atoms with Crippen molar-refractivity contribution in [3.05, 3.63) is 64.7 Å². The highest BCUT2D eigenvalue weighted by atomic mass is 35.5. The molecule has 3 heteroatoms. The molecule has 0 heterocycles. The Kier molecular flexibility index (Phi) is 4.83. The summed E-state index contributed by atoms with van der Waals surface area (Å²) in [7, 11) is 4.01. The number of hydrogen-bond donors (Lipinski definition) is 1. The van der Waals surface area contributed by atoms with E-state index in [1.54, 1.807) is 6.07 Å². The second kappa shape index (κ2) is 6.60. The second-order valence-corrected chi connectivity index (χ2v) is 5.42. The van der Waals surface area contributed by atoms with Gasteiger partial charge in [-0.25, -0.2) is 0 Å². The Labute approximate surface area is 124 Å². The van der Waals surface area contributed by atoms with Gasteiger partial charge in [-0.2, -0.15) is 0 Å². The number of phenols is 1. The minimum Gasteiger partial charge on any atom is -0.507 e. The lowest BCUT2D eigenvalue weighted by Crippen LogP contribution is -2.14. The molecule has 0 fully saturated rings. The number of benzene rings is 2. The zero-order chi connectivity index (χ0) is 14.5. The largest absolute Gasteiger partial charge is 0.507 e. The van der Waals surface area contributed by atoms with E-state index >= 15 is 0 Å². The first-order valence-electron chi connectivity index (χ1n) is 6.45. The van der Waals surface area contributed by atoms with E-state index in [1.165, 1.54) is 0 Å². The molecule has 1 N–H and O–H groups in total. The summed E-state index contributed by atoms with van der Waals surface area (Å²) in [5.74, 6) is 0.294. The van der Waals surface area contributed by atoms with E-state index < -0.39 is 0 Å². The van der Waals surface area contributed by atoms with Crippen molar-refractivity contribution in [2.24, 2.45) is 0 Å². The van der Waals surface area contributed by atoms with Gasteiger partial charge in [-0.15, -0.1) is 0 Å². The Morgan fingerprint density at radius 1 is 1.15 bits per heavy atom. The zero-order valence-corrected chi connectivity index (χ0v) is 12.4. The minimum absolute atomic E-state index is 0.294. The molecule has 0 aromatic heterocycles. The minimum atomic E-state index is 0.294. The Hall–Kier alpha value is -1.77. The quantitative estimate of drug-likeness (QED) is 0.854. The summed E-state index contributed by atoms with van der Waals surface area (Å²) in [6, 6.07) is 15.1. The van der Waals surface area contributed by atoms with Crippen molar-refractivity contribution in [3.63, 3.8) is 0 Å². The van der Waals surface area contributed by atoms with Crippen LogP contribution in [-0.2, 0) is 0 Å². The van der Waals surface area contributed by atoms with Gasteiger partial charge in [0.1, 0.15) is 5.75 Å². The third-order valence-corrected chi connectivity index (χ3v) is 3.16. The van der Waals surface area contributed by atoms with Crippen LogP contribution in [0.4, 0.5) is 0 Å². The summed E-state index contributed by atoms with van der Waals surface area (Å²) in [5.41, 5.74) is 2.93. The van der Waals surface area contributed by atoms with E-state index in [1.807, 2.05) is 56.6 Å². The van der Waals surface area contributed by atoms with Crippen molar-refractivity contribution < 1.29 is 5.11 Å². The number of para-hydroxylation sites is 1. The van der Waals surface area contributed by atoms with Crippen molar-refractivity contribution in [2.75, 3.05) is 20.6 Å². The van der Waals surface area contributed by atoms with Crippen LogP contribution >= 0.6 is 11.6 Å². The van der Waals surface area contributed by atoms with Crippen LogP contribution in [0.1, 0.15) is 11.1 Å². The van der Waals surface area contributed by atoms with Gasteiger partial charge in [-0.05, 0) is 49.5 Å². The molecule has 2 nitrogen and oxygen atoms in total. The molecule has 0 unspecified atom stereocenters. The topological polar surface area (TPSA) is 23.5 Å². The van der Waals surface area contributed by atoms with Gasteiger partial charge in [0.15, 0.2) is 0 Å². The van der Waals surface area contributed by atoms with E-state index in [2.05, 4.69) is 11.0 Å². The van der Waals surface area contributed by atoms with E-state index in [4.69, 9.17) is 11.6 Å². The molecular formula is C17H18ClNO. The fourth-order valence-corrected chi connectivity index (χ4v) is 2.29. The number of halogens is 1. The predicted octanol–water partition coefficient (Wildman–Crippen LogP) is 4.15. The van der Waals surface area contributed by atoms with Crippen molar-refractivity contribution in [3.8, 4) is 5.75 Å². The maximum atomic E-state index is 10.0. The van der Waals surface area contributed by atoms with E-state index in [9.17, 15) is 5.11 Å². The first-order valence-corrected chi connectivity index (χ1v) is 6.83. The number of rotatable bonds is 4. The second-order valence-electron chi connectivity index (χ2n) is 4.98. The van der Waals surface area contributed by atoms with Crippen LogP contribution in [0.25, 0.3) is 11.6 Å². The lowest BCUT2D eigenvalue weighted by Gasteiger charge is -2.15. The monoisotopic (exact) mass is 287 g/mol. The Morgan fingerprint density at radius 2 is 1.90 bits per heavy atom. The van der Waals surface area contributed by atoms with Crippen LogP contribution in [0.15, 0.2) is 48.5 Å². The van der Waals surface area contributed by atoms with Crippen molar-refractivity contribution in [1.82, 2.24) is 4.90 Å². The number of likely N-dealkylation sites (N-methyl/N-ethyl adjacent to an activating group) is 1. The average Bonchev–Trinajstić information content (AvgIpc) is 2.38. The maximum absolute atomic E-state index is 10.0. The first-order chi connectivity index (χ1) is 9.56. The molecule has 0 aliphatic carbocycles. The molecule has 2 aromatic rings. The summed E-state index contributed by atoms with van der Waals surface area (Å²) in [6.45, 7) is 0.740. The SMILES string of the molecule is CN(C)CC(=Cc1cccc(Cl)c1)c1ccccc1O. The van der Waals surface area contributed by atoms with Crippen LogP contribution in [0.3, 0.4) is 0 Å². The lowest BCUT2D eigenvalue weighted by molar-refractivity contribution is 0.457. The fourth-order valence-electron chi connectivity index (χ4n) is 2.09. The van der Waals surface area contributed by atoms with E-state index in [0.29, 0.717) is 10.8 Å². The van der Waals surface area contributed by atoms with Crippen molar-refractivity contribution in [1.29, 1.82) is 0 Å². The van der Waals surface area contributed by atoms with Gasteiger partial charge in [0.05, 0.1) is 0 Å². The number of hydrogen-bond acceptors (Lipinski definition) is 2. The molecule has 0 spiro atoms. The molecule has 0 aliphatic rings. The first kappa shape index (κ1) is 14.6. The van der Waals surface area contributed by atoms with Gasteiger partial charge in [-0.1, -0.05) is 41.9 Å². The molecule has 0 aliphatic heterocycles.